The van der Waals surface area contributed by atoms with Gasteiger partial charge in [-0.15, -0.1) is 11.3 Å². The number of amides is 3. The molecule has 1 aromatic heterocycles. The lowest BCUT2D eigenvalue weighted by Crippen LogP contribution is -2.42. The van der Waals surface area contributed by atoms with E-state index in [0.29, 0.717) is 33.0 Å². The lowest BCUT2D eigenvalue weighted by atomic mass is 10.1. The molecule has 1 aliphatic rings. The zero-order valence-corrected chi connectivity index (χ0v) is 19.1. The van der Waals surface area contributed by atoms with Gasteiger partial charge in [0.05, 0.1) is 21.4 Å². The summed E-state index contributed by atoms with van der Waals surface area (Å²) in [7, 11) is 0. The number of hydrogen-bond donors (Lipinski definition) is 2. The summed E-state index contributed by atoms with van der Waals surface area (Å²) >= 11 is 13.6. The van der Waals surface area contributed by atoms with E-state index >= 15 is 0 Å². The molecule has 0 radical (unpaired) electrons. The molecule has 0 unspecified atom stereocenters. The maximum atomic E-state index is 12.7. The largest absolute Gasteiger partial charge is 0.323 e. The molecule has 164 valence electrons. The minimum atomic E-state index is -0.324. The fraction of sp³-hybridized carbons (Fsp3) is 0.182. The van der Waals surface area contributed by atoms with Gasteiger partial charge in [-0.05, 0) is 23.8 Å². The fourth-order valence-corrected chi connectivity index (χ4v) is 4.55. The Kier molecular flexibility index (Phi) is 6.74. The first-order valence-electron chi connectivity index (χ1n) is 9.77. The van der Waals surface area contributed by atoms with Crippen LogP contribution in [0, 0.1) is 0 Å². The highest BCUT2D eigenvalue weighted by Crippen LogP contribution is 2.31. The molecule has 0 aliphatic carbocycles. The number of fused-ring (bicyclic) bond motifs is 1. The van der Waals surface area contributed by atoms with Crippen molar-refractivity contribution in [1.82, 2.24) is 4.98 Å². The van der Waals surface area contributed by atoms with Gasteiger partial charge < -0.3 is 15.5 Å². The Labute approximate surface area is 198 Å². The highest BCUT2D eigenvalue weighted by molar-refractivity contribution is 7.15. The van der Waals surface area contributed by atoms with Crippen molar-refractivity contribution in [2.45, 2.75) is 19.3 Å². The van der Waals surface area contributed by atoms with Crippen LogP contribution in [0.3, 0.4) is 0 Å². The van der Waals surface area contributed by atoms with E-state index in [-0.39, 0.29) is 37.1 Å². The van der Waals surface area contributed by atoms with Crippen LogP contribution < -0.4 is 15.5 Å². The van der Waals surface area contributed by atoms with Crippen molar-refractivity contribution in [3.8, 4) is 0 Å². The third-order valence-electron chi connectivity index (χ3n) is 4.83. The highest BCUT2D eigenvalue weighted by Gasteiger charge is 2.26. The number of benzene rings is 2. The van der Waals surface area contributed by atoms with Crippen molar-refractivity contribution in [2.24, 2.45) is 0 Å². The first kappa shape index (κ1) is 22.3. The molecule has 32 heavy (non-hydrogen) atoms. The highest BCUT2D eigenvalue weighted by atomic mass is 35.5. The van der Waals surface area contributed by atoms with Gasteiger partial charge in [-0.1, -0.05) is 47.5 Å². The monoisotopic (exact) mass is 488 g/mol. The van der Waals surface area contributed by atoms with Crippen molar-refractivity contribution in [3.63, 3.8) is 0 Å². The number of hydrogen-bond acceptors (Lipinski definition) is 5. The van der Waals surface area contributed by atoms with E-state index in [1.165, 1.54) is 16.2 Å². The minimum Gasteiger partial charge on any atom is -0.323 e. The Balaban J connectivity index is 1.33. The van der Waals surface area contributed by atoms with E-state index in [1.54, 1.807) is 36.5 Å². The Morgan fingerprint density at radius 3 is 2.78 bits per heavy atom. The number of carbonyl (C=O) groups is 3. The SMILES string of the molecule is O=C(CCC(=O)N1CC(=O)Nc2ccccc21)Nc1ncc(Cc2cccc(Cl)c2Cl)s1. The van der Waals surface area contributed by atoms with E-state index < -0.39 is 0 Å². The quantitative estimate of drug-likeness (QED) is 0.523. The van der Waals surface area contributed by atoms with Gasteiger partial charge in [-0.2, -0.15) is 0 Å². The third kappa shape index (κ3) is 5.09. The van der Waals surface area contributed by atoms with Gasteiger partial charge in [0.25, 0.3) is 0 Å². The second-order valence-electron chi connectivity index (χ2n) is 7.11. The molecule has 4 rings (SSSR count). The van der Waals surface area contributed by atoms with Gasteiger partial charge in [0.15, 0.2) is 5.13 Å². The van der Waals surface area contributed by atoms with Crippen LogP contribution in [0.25, 0.3) is 0 Å². The number of nitrogens with one attached hydrogen (secondary N) is 2. The number of aromatic nitrogens is 1. The molecule has 2 aromatic carbocycles. The summed E-state index contributed by atoms with van der Waals surface area (Å²) in [6.45, 7) is -0.0701. The molecule has 3 aromatic rings. The normalized spacial score (nSPS) is 12.8. The number of carbonyl (C=O) groups excluding carboxylic acids is 3. The molecule has 2 N–H and O–H groups in total. The maximum Gasteiger partial charge on any atom is 0.244 e. The molecular formula is C22H18Cl2N4O3S. The molecular weight excluding hydrogens is 471 g/mol. The zero-order chi connectivity index (χ0) is 22.7. The van der Waals surface area contributed by atoms with Crippen molar-refractivity contribution in [1.29, 1.82) is 0 Å². The summed E-state index contributed by atoms with van der Waals surface area (Å²) in [5.41, 5.74) is 2.08. The van der Waals surface area contributed by atoms with Crippen molar-refractivity contribution < 1.29 is 14.4 Å². The maximum absolute atomic E-state index is 12.7. The van der Waals surface area contributed by atoms with E-state index in [2.05, 4.69) is 15.6 Å². The zero-order valence-electron chi connectivity index (χ0n) is 16.7. The molecule has 1 aliphatic heterocycles. The van der Waals surface area contributed by atoms with Crippen LogP contribution in [0.5, 0.6) is 0 Å². The van der Waals surface area contributed by atoms with Crippen LogP contribution in [-0.4, -0.2) is 29.3 Å². The lowest BCUT2D eigenvalue weighted by Gasteiger charge is -2.29. The Hall–Kier alpha value is -2.94. The van der Waals surface area contributed by atoms with Gasteiger partial charge in [-0.3, -0.25) is 14.4 Å². The third-order valence-corrected chi connectivity index (χ3v) is 6.60. The van der Waals surface area contributed by atoms with Gasteiger partial charge >= 0.3 is 0 Å². The van der Waals surface area contributed by atoms with Gasteiger partial charge in [0.2, 0.25) is 17.7 Å². The smallest absolute Gasteiger partial charge is 0.244 e. The average Bonchev–Trinajstić information content (AvgIpc) is 3.21. The molecule has 0 fully saturated rings. The van der Waals surface area contributed by atoms with E-state index in [9.17, 15) is 14.4 Å². The summed E-state index contributed by atoms with van der Waals surface area (Å²) in [5.74, 6) is -0.885. The Morgan fingerprint density at radius 2 is 1.94 bits per heavy atom. The predicted octanol–water partition coefficient (Wildman–Crippen LogP) is 4.74. The van der Waals surface area contributed by atoms with Crippen LogP contribution in [0.4, 0.5) is 16.5 Å². The van der Waals surface area contributed by atoms with Crippen molar-refractivity contribution in [3.05, 3.63) is 69.1 Å². The Morgan fingerprint density at radius 1 is 1.12 bits per heavy atom. The first-order chi connectivity index (χ1) is 15.4. The second kappa shape index (κ2) is 9.68. The lowest BCUT2D eigenvalue weighted by molar-refractivity contribution is -0.124. The number of anilines is 3. The first-order valence-corrected chi connectivity index (χ1v) is 11.3. The number of para-hydroxylation sites is 2. The summed E-state index contributed by atoms with van der Waals surface area (Å²) in [4.78, 5) is 43.4. The van der Waals surface area contributed by atoms with Crippen LogP contribution in [0.2, 0.25) is 10.0 Å². The number of nitrogens with zero attached hydrogens (tertiary/aromatic N) is 2. The molecule has 2 heterocycles. The topological polar surface area (TPSA) is 91.4 Å². The van der Waals surface area contributed by atoms with Gasteiger partial charge in [0.1, 0.15) is 6.54 Å². The molecule has 0 bridgehead atoms. The summed E-state index contributed by atoms with van der Waals surface area (Å²) in [5, 5.41) is 6.88. The molecule has 0 atom stereocenters. The number of halogens is 2. The second-order valence-corrected chi connectivity index (χ2v) is 9.02. The average molecular weight is 489 g/mol. The van der Waals surface area contributed by atoms with E-state index in [1.807, 2.05) is 12.1 Å². The van der Waals surface area contributed by atoms with Crippen LogP contribution in [-0.2, 0) is 20.8 Å². The molecule has 0 saturated carbocycles. The fourth-order valence-electron chi connectivity index (χ4n) is 3.31. The van der Waals surface area contributed by atoms with Crippen molar-refractivity contribution >= 4 is 68.8 Å². The molecule has 0 spiro atoms. The minimum absolute atomic E-state index is 0.0197. The predicted molar refractivity (Wildman–Crippen MR) is 127 cm³/mol. The summed E-state index contributed by atoms with van der Waals surface area (Å²) in [6.07, 6.45) is 2.17. The van der Waals surface area contributed by atoms with E-state index in [4.69, 9.17) is 23.2 Å². The summed E-state index contributed by atoms with van der Waals surface area (Å²) < 4.78 is 0. The van der Waals surface area contributed by atoms with Crippen LogP contribution in [0.15, 0.2) is 48.7 Å². The van der Waals surface area contributed by atoms with Crippen LogP contribution in [0.1, 0.15) is 23.3 Å². The van der Waals surface area contributed by atoms with Crippen LogP contribution >= 0.6 is 34.5 Å². The number of rotatable bonds is 6. The Bertz CT molecular complexity index is 1200. The standard InChI is InChI=1S/C22H18Cl2N4O3S/c23-15-5-3-4-13(21(15)24)10-14-11-25-22(32-14)27-18(29)8-9-20(31)28-12-19(30)26-16-6-1-2-7-17(16)28/h1-7,11H,8-10,12H2,(H,26,30)(H,25,27,29). The van der Waals surface area contributed by atoms with Gasteiger partial charge in [-0.25, -0.2) is 4.98 Å². The van der Waals surface area contributed by atoms with Gasteiger partial charge in [0, 0.05) is 30.3 Å². The summed E-state index contributed by atoms with van der Waals surface area (Å²) in [6, 6.07) is 12.5. The molecule has 0 saturated heterocycles. The number of thiazole rings is 1. The molecule has 3 amide bonds. The van der Waals surface area contributed by atoms with E-state index in [0.717, 1.165) is 10.4 Å². The molecule has 7 nitrogen and oxygen atoms in total. The molecule has 10 heteroatoms. The van der Waals surface area contributed by atoms with Crippen molar-refractivity contribution in [2.75, 3.05) is 22.1 Å².